The molecule has 0 bridgehead atoms. The van der Waals surface area contributed by atoms with Gasteiger partial charge < -0.3 is 19.5 Å². The van der Waals surface area contributed by atoms with Crippen molar-refractivity contribution in [2.45, 2.75) is 20.1 Å². The highest BCUT2D eigenvalue weighted by atomic mass is 16.5. The quantitative estimate of drug-likeness (QED) is 0.613. The summed E-state index contributed by atoms with van der Waals surface area (Å²) in [6, 6.07) is 21.1. The molecule has 0 fully saturated rings. The highest BCUT2D eigenvalue weighted by Crippen LogP contribution is 2.39. The van der Waals surface area contributed by atoms with E-state index < -0.39 is 0 Å². The van der Waals surface area contributed by atoms with Crippen LogP contribution in [0.2, 0.25) is 0 Å². The van der Waals surface area contributed by atoms with Crippen LogP contribution >= 0.6 is 0 Å². The monoisotopic (exact) mass is 391 g/mol. The summed E-state index contributed by atoms with van der Waals surface area (Å²) in [5, 5.41) is 2.95. The maximum absolute atomic E-state index is 12.7. The molecule has 0 radical (unpaired) electrons. The lowest BCUT2D eigenvalue weighted by atomic mass is 10.1. The van der Waals surface area contributed by atoms with Gasteiger partial charge in [0, 0.05) is 12.1 Å². The van der Waals surface area contributed by atoms with E-state index >= 15 is 0 Å². The Kier molecular flexibility index (Phi) is 6.74. The molecule has 1 N–H and O–H groups in total. The average Bonchev–Trinajstić information content (AvgIpc) is 2.77. The SMILES string of the molecule is COc1cc(C(=O)NCc2ccccc2C)cc(OC)c1OCc1ccccc1. The number of amides is 1. The van der Waals surface area contributed by atoms with Gasteiger partial charge in [-0.05, 0) is 35.7 Å². The van der Waals surface area contributed by atoms with Crippen LogP contribution in [0.1, 0.15) is 27.0 Å². The van der Waals surface area contributed by atoms with Crippen LogP contribution in [0.5, 0.6) is 17.2 Å². The van der Waals surface area contributed by atoms with Gasteiger partial charge in [0.1, 0.15) is 6.61 Å². The van der Waals surface area contributed by atoms with Crippen LogP contribution in [0.15, 0.2) is 66.7 Å². The van der Waals surface area contributed by atoms with E-state index in [0.717, 1.165) is 16.7 Å². The zero-order valence-electron chi connectivity index (χ0n) is 16.9. The number of aryl methyl sites for hydroxylation is 1. The molecule has 0 aromatic heterocycles. The van der Waals surface area contributed by atoms with Crippen molar-refractivity contribution in [1.29, 1.82) is 0 Å². The average molecular weight is 391 g/mol. The van der Waals surface area contributed by atoms with E-state index in [4.69, 9.17) is 14.2 Å². The van der Waals surface area contributed by atoms with Crippen LogP contribution < -0.4 is 19.5 Å². The maximum Gasteiger partial charge on any atom is 0.251 e. The Bertz CT molecular complexity index is 945. The highest BCUT2D eigenvalue weighted by Gasteiger charge is 2.18. The first-order chi connectivity index (χ1) is 14.1. The molecular weight excluding hydrogens is 366 g/mol. The van der Waals surface area contributed by atoms with Gasteiger partial charge >= 0.3 is 0 Å². The van der Waals surface area contributed by atoms with Crippen molar-refractivity contribution in [1.82, 2.24) is 5.32 Å². The lowest BCUT2D eigenvalue weighted by molar-refractivity contribution is 0.0950. The fourth-order valence-electron chi connectivity index (χ4n) is 2.97. The van der Waals surface area contributed by atoms with Gasteiger partial charge in [-0.2, -0.15) is 0 Å². The van der Waals surface area contributed by atoms with Gasteiger partial charge in [0.05, 0.1) is 14.2 Å². The van der Waals surface area contributed by atoms with Crippen molar-refractivity contribution in [2.24, 2.45) is 0 Å². The van der Waals surface area contributed by atoms with E-state index in [-0.39, 0.29) is 5.91 Å². The Balaban J connectivity index is 1.77. The Morgan fingerprint density at radius 2 is 1.52 bits per heavy atom. The molecule has 0 unspecified atom stereocenters. The second-order valence-corrected chi connectivity index (χ2v) is 6.59. The van der Waals surface area contributed by atoms with Crippen molar-refractivity contribution in [3.63, 3.8) is 0 Å². The third-order valence-corrected chi connectivity index (χ3v) is 4.65. The predicted octanol–water partition coefficient (Wildman–Crippen LogP) is 4.52. The molecule has 0 saturated heterocycles. The first-order valence-corrected chi connectivity index (χ1v) is 9.38. The summed E-state index contributed by atoms with van der Waals surface area (Å²) in [6.07, 6.45) is 0. The van der Waals surface area contributed by atoms with Gasteiger partial charge in [0.15, 0.2) is 11.5 Å². The van der Waals surface area contributed by atoms with Crippen molar-refractivity contribution in [2.75, 3.05) is 14.2 Å². The number of methoxy groups -OCH3 is 2. The summed E-state index contributed by atoms with van der Waals surface area (Å²) in [7, 11) is 3.08. The van der Waals surface area contributed by atoms with Crippen LogP contribution in [0.4, 0.5) is 0 Å². The van der Waals surface area contributed by atoms with Crippen LogP contribution in [-0.2, 0) is 13.2 Å². The van der Waals surface area contributed by atoms with Crippen LogP contribution in [0.3, 0.4) is 0 Å². The molecule has 3 aromatic rings. The van der Waals surface area contributed by atoms with Crippen molar-refractivity contribution in [3.8, 4) is 17.2 Å². The maximum atomic E-state index is 12.7. The molecular formula is C24H25NO4. The number of ether oxygens (including phenoxy) is 3. The summed E-state index contributed by atoms with van der Waals surface area (Å²) >= 11 is 0. The fourth-order valence-corrected chi connectivity index (χ4v) is 2.97. The third kappa shape index (κ3) is 5.08. The van der Waals surface area contributed by atoms with Crippen molar-refractivity contribution >= 4 is 5.91 Å². The standard InChI is InChI=1S/C24H25NO4/c1-17-9-7-8-12-19(17)15-25-24(26)20-13-21(27-2)23(22(14-20)28-3)29-16-18-10-5-4-6-11-18/h4-14H,15-16H2,1-3H3,(H,25,26). The molecule has 0 heterocycles. The van der Waals surface area contributed by atoms with Crippen molar-refractivity contribution in [3.05, 3.63) is 89.0 Å². The van der Waals surface area contributed by atoms with Gasteiger partial charge in [-0.3, -0.25) is 4.79 Å². The Morgan fingerprint density at radius 1 is 0.897 bits per heavy atom. The zero-order valence-corrected chi connectivity index (χ0v) is 16.9. The summed E-state index contributed by atoms with van der Waals surface area (Å²) in [5.41, 5.74) is 3.67. The molecule has 29 heavy (non-hydrogen) atoms. The van der Waals surface area contributed by atoms with Gasteiger partial charge in [0.2, 0.25) is 5.75 Å². The number of benzene rings is 3. The van der Waals surface area contributed by atoms with Crippen LogP contribution in [0, 0.1) is 6.92 Å². The normalized spacial score (nSPS) is 10.3. The largest absolute Gasteiger partial charge is 0.493 e. The van der Waals surface area contributed by atoms with Gasteiger partial charge in [-0.1, -0.05) is 54.6 Å². The topological polar surface area (TPSA) is 56.8 Å². The molecule has 0 aliphatic rings. The second kappa shape index (κ2) is 9.64. The third-order valence-electron chi connectivity index (χ3n) is 4.65. The van der Waals surface area contributed by atoms with E-state index in [1.54, 1.807) is 26.4 Å². The number of hydrogen-bond donors (Lipinski definition) is 1. The molecule has 0 aliphatic heterocycles. The zero-order chi connectivity index (χ0) is 20.6. The minimum absolute atomic E-state index is 0.209. The molecule has 3 rings (SSSR count). The van der Waals surface area contributed by atoms with E-state index in [9.17, 15) is 4.79 Å². The predicted molar refractivity (Wildman–Crippen MR) is 113 cm³/mol. The number of carbonyl (C=O) groups excluding carboxylic acids is 1. The van der Waals surface area contributed by atoms with Crippen LogP contribution in [0.25, 0.3) is 0 Å². The number of hydrogen-bond acceptors (Lipinski definition) is 4. The second-order valence-electron chi connectivity index (χ2n) is 6.59. The number of rotatable bonds is 8. The van der Waals surface area contributed by atoms with Crippen molar-refractivity contribution < 1.29 is 19.0 Å². The van der Waals surface area contributed by atoms with E-state index in [0.29, 0.717) is 36.0 Å². The van der Waals surface area contributed by atoms with Gasteiger partial charge in [-0.25, -0.2) is 0 Å². The molecule has 0 spiro atoms. The first-order valence-electron chi connectivity index (χ1n) is 9.38. The molecule has 0 atom stereocenters. The number of nitrogens with one attached hydrogen (secondary N) is 1. The summed E-state index contributed by atoms with van der Waals surface area (Å²) in [5.74, 6) is 1.15. The van der Waals surface area contributed by atoms with E-state index in [1.807, 2.05) is 61.5 Å². The molecule has 1 amide bonds. The molecule has 5 heteroatoms. The first kappa shape index (κ1) is 20.3. The molecule has 0 aliphatic carbocycles. The molecule has 150 valence electrons. The Labute approximate surface area is 171 Å². The Morgan fingerprint density at radius 3 is 2.14 bits per heavy atom. The van der Waals surface area contributed by atoms with Gasteiger partial charge in [0.25, 0.3) is 5.91 Å². The number of carbonyl (C=O) groups is 1. The Hall–Kier alpha value is -3.47. The van der Waals surface area contributed by atoms with E-state index in [2.05, 4.69) is 5.32 Å². The molecule has 0 saturated carbocycles. The minimum atomic E-state index is -0.209. The molecule has 3 aromatic carbocycles. The lowest BCUT2D eigenvalue weighted by Crippen LogP contribution is -2.23. The summed E-state index contributed by atoms with van der Waals surface area (Å²) in [6.45, 7) is 2.83. The minimum Gasteiger partial charge on any atom is -0.493 e. The molecule has 5 nitrogen and oxygen atoms in total. The van der Waals surface area contributed by atoms with Gasteiger partial charge in [-0.15, -0.1) is 0 Å². The van der Waals surface area contributed by atoms with Crippen LogP contribution in [-0.4, -0.2) is 20.1 Å². The fraction of sp³-hybridized carbons (Fsp3) is 0.208. The smallest absolute Gasteiger partial charge is 0.251 e. The summed E-state index contributed by atoms with van der Waals surface area (Å²) < 4.78 is 16.9. The lowest BCUT2D eigenvalue weighted by Gasteiger charge is -2.16. The highest BCUT2D eigenvalue weighted by molar-refractivity contribution is 5.95. The summed E-state index contributed by atoms with van der Waals surface area (Å²) in [4.78, 5) is 12.7. The van der Waals surface area contributed by atoms with E-state index in [1.165, 1.54) is 0 Å².